The maximum Gasteiger partial charge on any atom is 2.00 e. The molecular formula is C7H23B2Cl5Li3MgOZn-3. The van der Waals surface area contributed by atoms with Crippen molar-refractivity contribution in [3.63, 3.8) is 0 Å². The molecule has 13 heteroatoms. The predicted octanol–water partition coefficient (Wildman–Crippen LogP) is -6.83. The van der Waals surface area contributed by atoms with E-state index in [1.165, 1.54) is 0 Å². The van der Waals surface area contributed by atoms with Crippen molar-refractivity contribution in [2.24, 2.45) is 0 Å². The summed E-state index contributed by atoms with van der Waals surface area (Å²) in [7, 11) is 9.90. The summed E-state index contributed by atoms with van der Waals surface area (Å²) in [4.78, 5) is 0. The van der Waals surface area contributed by atoms with E-state index >= 15 is 0 Å². The minimum atomic E-state index is -0.931. The molecule has 1 nitrogen and oxygen atoms in total. The third-order valence-electron chi connectivity index (χ3n) is 0.408. The maximum absolute atomic E-state index is 4.95. The zero-order chi connectivity index (χ0) is 8.83. The van der Waals surface area contributed by atoms with Crippen molar-refractivity contribution in [3.8, 4) is 0 Å². The Morgan fingerprint density at radius 1 is 0.900 bits per heavy atom. The molecule has 0 aromatic rings. The average Bonchev–Trinajstić information content (AvgIpc) is 1.96. The first kappa shape index (κ1) is 101. The molecule has 0 aliphatic heterocycles. The molecule has 0 aromatic heterocycles. The average molecular weight is 433 g/mol. The Hall–Kier alpha value is 4.72. The molecule has 0 aliphatic carbocycles. The van der Waals surface area contributed by atoms with Crippen LogP contribution in [0.15, 0.2) is 0 Å². The van der Waals surface area contributed by atoms with E-state index in [0.717, 1.165) is 13.2 Å². The van der Waals surface area contributed by atoms with E-state index in [1.807, 2.05) is 44.6 Å². The molecule has 0 heterocycles. The molecule has 8 radical (unpaired) electrons. The first-order valence-corrected chi connectivity index (χ1v) is 11.3. The second-order valence-electron chi connectivity index (χ2n) is 0.882. The van der Waals surface area contributed by atoms with Crippen molar-refractivity contribution in [2.75, 3.05) is 13.2 Å². The Labute approximate surface area is 213 Å². The van der Waals surface area contributed by atoms with Gasteiger partial charge in [0.25, 0.3) is 0 Å². The van der Waals surface area contributed by atoms with E-state index in [9.17, 15) is 0 Å². The molecule has 108 valence electrons. The van der Waals surface area contributed by atoms with Gasteiger partial charge in [0.05, 0.1) is 0 Å². The fraction of sp³-hybridized carbons (Fsp3) is 1.00. The van der Waals surface area contributed by atoms with Crippen LogP contribution in [0.2, 0.25) is 0 Å². The SMILES string of the molecule is C.C.C.CCOCC.[B].[B].[Cl-].[Cl-].[Cl-].[Cl][Zn][Cl].[H-].[Li-].[Li][Li].[Mg+2]. The van der Waals surface area contributed by atoms with Gasteiger partial charge >= 0.3 is 88.4 Å². The first-order valence-electron chi connectivity index (χ1n) is 3.53. The van der Waals surface area contributed by atoms with Gasteiger partial charge in [0, 0.05) is 30.0 Å². The van der Waals surface area contributed by atoms with Gasteiger partial charge in [-0.25, -0.2) is 0 Å². The van der Waals surface area contributed by atoms with Crippen molar-refractivity contribution in [3.05, 3.63) is 0 Å². The molecule has 0 bridgehead atoms. The second kappa shape index (κ2) is 161. The van der Waals surface area contributed by atoms with Crippen molar-refractivity contribution in [1.82, 2.24) is 0 Å². The standard InChI is InChI=1S/C4H10O.3CH4.2B.5ClH.3Li.Mg.Zn.H/c1-3-5-4-2;;;;;;;;;;;;;;;;/h3-4H2,1-2H3;3*1H4;;;5*1H;;;;;;/q;;;;;;;;;;;;;-1;2*+2;-1/p-5. The van der Waals surface area contributed by atoms with Gasteiger partial charge in [0.15, 0.2) is 0 Å². The van der Waals surface area contributed by atoms with Crippen LogP contribution in [0.3, 0.4) is 0 Å². The summed E-state index contributed by atoms with van der Waals surface area (Å²) < 4.78 is 4.83. The van der Waals surface area contributed by atoms with E-state index < -0.39 is 15.1 Å². The summed E-state index contributed by atoms with van der Waals surface area (Å²) in [5.74, 6) is 0. The Balaban J connectivity index is -0.00000000241. The molecule has 0 amide bonds. The molecule has 0 saturated heterocycles. The summed E-state index contributed by atoms with van der Waals surface area (Å²) in [5, 5.41) is 0. The van der Waals surface area contributed by atoms with E-state index in [4.69, 9.17) is 24.1 Å². The fourth-order valence-electron chi connectivity index (χ4n) is 0.204. The van der Waals surface area contributed by atoms with Crippen LogP contribution in [0.5, 0.6) is 0 Å². The van der Waals surface area contributed by atoms with Gasteiger partial charge in [-0.05, 0) is 13.8 Å². The predicted molar refractivity (Wildman–Crippen MR) is 89.7 cm³/mol. The van der Waals surface area contributed by atoms with Gasteiger partial charge in [0.2, 0.25) is 0 Å². The van der Waals surface area contributed by atoms with Crippen LogP contribution < -0.4 is 37.2 Å². The number of rotatable bonds is 2. The summed E-state index contributed by atoms with van der Waals surface area (Å²) in [6.07, 6.45) is 0. The number of ether oxygens (including phenoxy) is 1. The molecule has 0 unspecified atom stereocenters. The van der Waals surface area contributed by atoms with E-state index in [0.29, 0.717) is 0 Å². The van der Waals surface area contributed by atoms with Gasteiger partial charge < -0.3 is 62.2 Å². The molecule has 0 atom stereocenters. The monoisotopic (exact) mass is 429 g/mol. The minimum absolute atomic E-state index is 0. The summed E-state index contributed by atoms with van der Waals surface area (Å²) in [6, 6.07) is 0. The molecule has 0 rings (SSSR count). The van der Waals surface area contributed by atoms with Crippen molar-refractivity contribution < 1.29 is 58.5 Å². The minimum Gasteiger partial charge on any atom is 2.00 e. The van der Waals surface area contributed by atoms with Gasteiger partial charge in [-0.1, -0.05) is 22.3 Å². The molecule has 0 aliphatic rings. The van der Waals surface area contributed by atoms with Crippen molar-refractivity contribution in [1.29, 1.82) is 0 Å². The smallest absolute Gasteiger partial charge is 2.00 e. The first-order chi connectivity index (χ1) is 4.83. The summed E-state index contributed by atoms with van der Waals surface area (Å²) >= 11 is 3.07. The van der Waals surface area contributed by atoms with Crippen LogP contribution in [0, 0.1) is 0 Å². The van der Waals surface area contributed by atoms with Gasteiger partial charge in [-0.3, -0.25) is 0 Å². The fourth-order valence-corrected chi connectivity index (χ4v) is 0.204. The summed E-state index contributed by atoms with van der Waals surface area (Å²) in [6.45, 7) is 5.67. The molecule has 0 saturated carbocycles. The third-order valence-corrected chi connectivity index (χ3v) is 0.408. The van der Waals surface area contributed by atoms with Crippen LogP contribution in [-0.4, -0.2) is 103 Å². The summed E-state index contributed by atoms with van der Waals surface area (Å²) in [5.41, 5.74) is 0. The van der Waals surface area contributed by atoms with Crippen LogP contribution in [0.25, 0.3) is 0 Å². The molecule has 0 N–H and O–H groups in total. The van der Waals surface area contributed by atoms with E-state index in [2.05, 4.69) is 0 Å². The largest absolute Gasteiger partial charge is 2.00 e. The van der Waals surface area contributed by atoms with Gasteiger partial charge in [0.1, 0.15) is 0 Å². The quantitative estimate of drug-likeness (QED) is 0.394. The Kier molecular flexibility index (Phi) is 815. The van der Waals surface area contributed by atoms with Crippen LogP contribution >= 0.6 is 19.4 Å². The van der Waals surface area contributed by atoms with Crippen LogP contribution in [0.1, 0.15) is 37.6 Å². The molecule has 20 heavy (non-hydrogen) atoms. The van der Waals surface area contributed by atoms with Crippen molar-refractivity contribution >= 4 is 109 Å². The van der Waals surface area contributed by atoms with Crippen molar-refractivity contribution in [2.45, 2.75) is 36.1 Å². The molecule has 0 fully saturated rings. The normalized spacial score (nSPS) is 3.00. The van der Waals surface area contributed by atoms with Crippen LogP contribution in [0.4, 0.5) is 0 Å². The Morgan fingerprint density at radius 3 is 1.00 bits per heavy atom. The second-order valence-corrected chi connectivity index (χ2v) is 5.51. The molecule has 0 aromatic carbocycles. The maximum atomic E-state index is 4.95. The number of hydrogen-bond acceptors (Lipinski definition) is 1. The Bertz CT molecular complexity index is 68.2. The van der Waals surface area contributed by atoms with Gasteiger partial charge in [-0.15, -0.1) is 0 Å². The zero-order valence-electron chi connectivity index (χ0n) is 12.3. The zero-order valence-corrected chi connectivity index (χ0v) is 19.4. The number of halogens is 5. The van der Waals surface area contributed by atoms with E-state index in [1.54, 1.807) is 0 Å². The molecular weight excluding hydrogens is 409 g/mol. The third kappa shape index (κ3) is 237. The Morgan fingerprint density at radius 2 is 1.00 bits per heavy atom. The topological polar surface area (TPSA) is 9.23 Å². The number of hydrogen-bond donors (Lipinski definition) is 0. The molecule has 0 spiro atoms. The van der Waals surface area contributed by atoms with Crippen LogP contribution in [-0.2, 0) is 19.9 Å². The van der Waals surface area contributed by atoms with E-state index in [-0.39, 0.29) is 120 Å². The van der Waals surface area contributed by atoms with Gasteiger partial charge in [-0.2, -0.15) is 0 Å².